The van der Waals surface area contributed by atoms with Gasteiger partial charge in [0.2, 0.25) is 0 Å². The fraction of sp³-hybridized carbons (Fsp3) is 0.364. The zero-order chi connectivity index (χ0) is 13.3. The summed E-state index contributed by atoms with van der Waals surface area (Å²) in [5.74, 6) is 0.457. The molecule has 0 aliphatic rings. The fourth-order valence-electron chi connectivity index (χ4n) is 1.50. The monoisotopic (exact) mass is 256 g/mol. The van der Waals surface area contributed by atoms with Gasteiger partial charge in [-0.25, -0.2) is 0 Å². The van der Waals surface area contributed by atoms with Gasteiger partial charge >= 0.3 is 6.18 Å². The topological polar surface area (TPSA) is 43.6 Å². The summed E-state index contributed by atoms with van der Waals surface area (Å²) < 4.78 is 38.9. The van der Waals surface area contributed by atoms with Crippen molar-refractivity contribution in [1.82, 2.24) is 19.7 Å². The van der Waals surface area contributed by atoms with Crippen LogP contribution in [0.3, 0.4) is 0 Å². The Morgan fingerprint density at radius 2 is 1.94 bits per heavy atom. The maximum atomic E-state index is 12.4. The summed E-state index contributed by atoms with van der Waals surface area (Å²) in [5, 5.41) is 7.61. The van der Waals surface area contributed by atoms with Gasteiger partial charge < -0.3 is 4.57 Å². The standard InChI is InChI=1S/C11H11F3N4/c1-7(2)18-6-16-17-10(18)9-4-3-8(5-15-9)11(12,13)14/h3-7H,1-2H3. The van der Waals surface area contributed by atoms with Crippen molar-refractivity contribution < 1.29 is 13.2 Å². The highest BCUT2D eigenvalue weighted by atomic mass is 19.4. The maximum Gasteiger partial charge on any atom is 0.417 e. The lowest BCUT2D eigenvalue weighted by molar-refractivity contribution is -0.137. The normalized spacial score (nSPS) is 12.1. The molecule has 0 aliphatic heterocycles. The molecule has 0 unspecified atom stereocenters. The summed E-state index contributed by atoms with van der Waals surface area (Å²) in [4.78, 5) is 3.79. The number of rotatable bonds is 2. The number of alkyl halides is 3. The van der Waals surface area contributed by atoms with Crippen molar-refractivity contribution in [3.05, 3.63) is 30.2 Å². The van der Waals surface area contributed by atoms with Crippen molar-refractivity contribution in [2.75, 3.05) is 0 Å². The summed E-state index contributed by atoms with van der Waals surface area (Å²) in [6, 6.07) is 2.40. The molecule has 18 heavy (non-hydrogen) atoms. The van der Waals surface area contributed by atoms with E-state index in [1.807, 2.05) is 13.8 Å². The zero-order valence-electron chi connectivity index (χ0n) is 9.81. The highest BCUT2D eigenvalue weighted by molar-refractivity contribution is 5.49. The Hall–Kier alpha value is -1.92. The molecule has 0 radical (unpaired) electrons. The van der Waals surface area contributed by atoms with Crippen molar-refractivity contribution >= 4 is 0 Å². The largest absolute Gasteiger partial charge is 0.417 e. The summed E-state index contributed by atoms with van der Waals surface area (Å²) in [7, 11) is 0. The lowest BCUT2D eigenvalue weighted by Crippen LogP contribution is -2.07. The zero-order valence-corrected chi connectivity index (χ0v) is 9.81. The van der Waals surface area contributed by atoms with E-state index in [4.69, 9.17) is 0 Å². The molecule has 0 amide bonds. The van der Waals surface area contributed by atoms with E-state index in [2.05, 4.69) is 15.2 Å². The Labute approximate surface area is 101 Å². The SMILES string of the molecule is CC(C)n1cnnc1-c1ccc(C(F)(F)F)cn1. The number of aromatic nitrogens is 4. The Morgan fingerprint density at radius 3 is 2.44 bits per heavy atom. The molecule has 2 heterocycles. The second-order valence-corrected chi connectivity index (χ2v) is 4.09. The molecule has 0 saturated carbocycles. The Bertz CT molecular complexity index is 528. The quantitative estimate of drug-likeness (QED) is 0.829. The minimum Gasteiger partial charge on any atom is -0.310 e. The highest BCUT2D eigenvalue weighted by Crippen LogP contribution is 2.29. The van der Waals surface area contributed by atoms with Gasteiger partial charge in [0.25, 0.3) is 0 Å². The van der Waals surface area contributed by atoms with E-state index in [-0.39, 0.29) is 6.04 Å². The van der Waals surface area contributed by atoms with Crippen molar-refractivity contribution in [3.63, 3.8) is 0 Å². The van der Waals surface area contributed by atoms with Crippen LogP contribution in [0.5, 0.6) is 0 Å². The first-order chi connectivity index (χ1) is 8.39. The molecule has 0 spiro atoms. The second kappa shape index (κ2) is 4.40. The van der Waals surface area contributed by atoms with Crippen molar-refractivity contribution in [1.29, 1.82) is 0 Å². The minimum absolute atomic E-state index is 0.110. The molecule has 0 fully saturated rings. The van der Waals surface area contributed by atoms with Gasteiger partial charge in [-0.3, -0.25) is 4.98 Å². The van der Waals surface area contributed by atoms with Crippen LogP contribution in [0.2, 0.25) is 0 Å². The number of hydrogen-bond acceptors (Lipinski definition) is 3. The molecule has 96 valence electrons. The van der Waals surface area contributed by atoms with E-state index >= 15 is 0 Å². The number of pyridine rings is 1. The smallest absolute Gasteiger partial charge is 0.310 e. The molecule has 0 atom stereocenters. The van der Waals surface area contributed by atoms with Crippen LogP contribution in [-0.2, 0) is 6.18 Å². The average molecular weight is 256 g/mol. The molecular formula is C11H11F3N4. The lowest BCUT2D eigenvalue weighted by Gasteiger charge is -2.10. The van der Waals surface area contributed by atoms with E-state index in [1.165, 1.54) is 12.4 Å². The molecule has 0 aromatic carbocycles. The Kier molecular flexibility index (Phi) is 3.06. The molecular weight excluding hydrogens is 245 g/mol. The van der Waals surface area contributed by atoms with Gasteiger partial charge in [0.1, 0.15) is 12.0 Å². The first kappa shape index (κ1) is 12.5. The van der Waals surface area contributed by atoms with Crippen LogP contribution in [0.4, 0.5) is 13.2 Å². The third-order valence-corrected chi connectivity index (χ3v) is 2.45. The minimum atomic E-state index is -4.38. The van der Waals surface area contributed by atoms with E-state index in [0.29, 0.717) is 11.5 Å². The first-order valence-corrected chi connectivity index (χ1v) is 5.32. The molecule has 4 nitrogen and oxygen atoms in total. The van der Waals surface area contributed by atoms with E-state index in [1.54, 1.807) is 4.57 Å². The van der Waals surface area contributed by atoms with Crippen molar-refractivity contribution in [2.24, 2.45) is 0 Å². The Balaban J connectivity index is 2.38. The summed E-state index contributed by atoms with van der Waals surface area (Å²) in [5.41, 5.74) is -0.406. The van der Waals surface area contributed by atoms with Gasteiger partial charge in [0, 0.05) is 12.2 Å². The third kappa shape index (κ3) is 2.34. The van der Waals surface area contributed by atoms with Crippen molar-refractivity contribution in [2.45, 2.75) is 26.1 Å². The summed E-state index contributed by atoms with van der Waals surface area (Å²) in [6.45, 7) is 3.86. The van der Waals surface area contributed by atoms with Gasteiger partial charge in [0.05, 0.1) is 5.56 Å². The molecule has 0 bridgehead atoms. The van der Waals surface area contributed by atoms with Crippen LogP contribution in [0.1, 0.15) is 25.5 Å². The molecule has 0 N–H and O–H groups in total. The number of hydrogen-bond donors (Lipinski definition) is 0. The van der Waals surface area contributed by atoms with Crippen LogP contribution >= 0.6 is 0 Å². The van der Waals surface area contributed by atoms with E-state index in [0.717, 1.165) is 12.3 Å². The predicted octanol–water partition coefficient (Wildman–Crippen LogP) is 2.94. The molecule has 0 aliphatic carbocycles. The third-order valence-electron chi connectivity index (χ3n) is 2.45. The van der Waals surface area contributed by atoms with Crippen LogP contribution in [0, 0.1) is 0 Å². The van der Waals surface area contributed by atoms with Crippen LogP contribution in [0.25, 0.3) is 11.5 Å². The molecule has 2 aromatic heterocycles. The van der Waals surface area contributed by atoms with Crippen LogP contribution in [0.15, 0.2) is 24.7 Å². The van der Waals surface area contributed by atoms with Gasteiger partial charge in [-0.05, 0) is 26.0 Å². The Morgan fingerprint density at radius 1 is 1.22 bits per heavy atom. The van der Waals surface area contributed by atoms with Crippen LogP contribution in [-0.4, -0.2) is 19.7 Å². The number of halogens is 3. The summed E-state index contributed by atoms with van der Waals surface area (Å²) >= 11 is 0. The number of nitrogens with zero attached hydrogens (tertiary/aromatic N) is 4. The maximum absolute atomic E-state index is 12.4. The molecule has 0 saturated heterocycles. The molecule has 2 aromatic rings. The average Bonchev–Trinajstić information content (AvgIpc) is 2.77. The fourth-order valence-corrected chi connectivity index (χ4v) is 1.50. The van der Waals surface area contributed by atoms with E-state index in [9.17, 15) is 13.2 Å². The molecule has 2 rings (SSSR count). The van der Waals surface area contributed by atoms with Gasteiger partial charge in [-0.15, -0.1) is 10.2 Å². The summed E-state index contributed by atoms with van der Waals surface area (Å²) in [6.07, 6.45) is -2.05. The van der Waals surface area contributed by atoms with Gasteiger partial charge in [-0.2, -0.15) is 13.2 Å². The van der Waals surface area contributed by atoms with Crippen LogP contribution < -0.4 is 0 Å². The lowest BCUT2D eigenvalue weighted by atomic mass is 10.2. The van der Waals surface area contributed by atoms with Gasteiger partial charge in [-0.1, -0.05) is 0 Å². The highest BCUT2D eigenvalue weighted by Gasteiger charge is 2.30. The van der Waals surface area contributed by atoms with Gasteiger partial charge in [0.15, 0.2) is 5.82 Å². The first-order valence-electron chi connectivity index (χ1n) is 5.32. The van der Waals surface area contributed by atoms with E-state index < -0.39 is 11.7 Å². The predicted molar refractivity (Wildman–Crippen MR) is 58.6 cm³/mol. The second-order valence-electron chi connectivity index (χ2n) is 4.09. The van der Waals surface area contributed by atoms with Crippen molar-refractivity contribution in [3.8, 4) is 11.5 Å². The molecule has 7 heteroatoms.